The van der Waals surface area contributed by atoms with Gasteiger partial charge in [-0.05, 0) is 19.1 Å². The number of rotatable bonds is 4. The van der Waals surface area contributed by atoms with Crippen molar-refractivity contribution in [3.63, 3.8) is 0 Å². The summed E-state index contributed by atoms with van der Waals surface area (Å²) in [7, 11) is 0. The third-order valence-electron chi connectivity index (χ3n) is 2.42. The Bertz CT molecular complexity index is 177. The Morgan fingerprint density at radius 1 is 1.62 bits per heavy atom. The van der Waals surface area contributed by atoms with Gasteiger partial charge in [0, 0.05) is 23.0 Å². The van der Waals surface area contributed by atoms with Gasteiger partial charge in [0.05, 0.1) is 0 Å². The zero-order valence-corrected chi connectivity index (χ0v) is 10.3. The van der Waals surface area contributed by atoms with Crippen molar-refractivity contribution in [3.8, 4) is 0 Å². The summed E-state index contributed by atoms with van der Waals surface area (Å²) < 4.78 is 0. The highest BCUT2D eigenvalue weighted by atomic mass is 79.9. The maximum atomic E-state index is 11.3. The minimum atomic E-state index is 0.183. The molecule has 1 rings (SSSR count). The van der Waals surface area contributed by atoms with E-state index in [9.17, 15) is 4.79 Å². The fraction of sp³-hybridized carbons (Fsp3) is 0.889. The van der Waals surface area contributed by atoms with Crippen LogP contribution in [0.2, 0.25) is 0 Å². The molecule has 2 atom stereocenters. The Morgan fingerprint density at radius 3 is 3.00 bits per heavy atom. The lowest BCUT2D eigenvalue weighted by molar-refractivity contribution is -0.121. The summed E-state index contributed by atoms with van der Waals surface area (Å²) in [5.41, 5.74) is 0. The second kappa shape index (κ2) is 5.91. The van der Waals surface area contributed by atoms with Crippen LogP contribution in [0, 0.1) is 0 Å². The van der Waals surface area contributed by atoms with Gasteiger partial charge in [0.2, 0.25) is 5.91 Å². The Balaban J connectivity index is 2.30. The summed E-state index contributed by atoms with van der Waals surface area (Å²) in [6.07, 6.45) is 6.38. The molecule has 0 saturated heterocycles. The first-order chi connectivity index (χ1) is 6.27. The Labute approximate surface area is 92.4 Å². The van der Waals surface area contributed by atoms with Gasteiger partial charge in [-0.2, -0.15) is 11.8 Å². The smallest absolute Gasteiger partial charge is 0.221 e. The topological polar surface area (TPSA) is 29.1 Å². The fourth-order valence-corrected chi connectivity index (χ4v) is 3.03. The maximum absolute atomic E-state index is 11.3. The molecule has 1 N–H and O–H groups in total. The molecule has 0 heterocycles. The van der Waals surface area contributed by atoms with E-state index < -0.39 is 0 Å². The summed E-state index contributed by atoms with van der Waals surface area (Å²) in [4.78, 5) is 11.3. The Kier molecular flexibility index (Phi) is 5.17. The van der Waals surface area contributed by atoms with Gasteiger partial charge in [0.1, 0.15) is 0 Å². The summed E-state index contributed by atoms with van der Waals surface area (Å²) >= 11 is 5.14. The molecule has 0 aromatic heterocycles. The molecule has 0 aromatic rings. The molecular formula is C9H16BrNOS. The number of thioether (sulfide) groups is 1. The molecule has 1 aliphatic rings. The van der Waals surface area contributed by atoms with Crippen molar-refractivity contribution in [1.29, 1.82) is 0 Å². The van der Waals surface area contributed by atoms with E-state index in [4.69, 9.17) is 0 Å². The highest BCUT2D eigenvalue weighted by Crippen LogP contribution is 2.28. The molecule has 2 unspecified atom stereocenters. The van der Waals surface area contributed by atoms with E-state index in [-0.39, 0.29) is 5.91 Å². The van der Waals surface area contributed by atoms with Crippen molar-refractivity contribution in [3.05, 3.63) is 0 Å². The molecule has 0 spiro atoms. The van der Waals surface area contributed by atoms with Gasteiger partial charge in [-0.1, -0.05) is 22.4 Å². The van der Waals surface area contributed by atoms with E-state index in [0.717, 1.165) is 11.8 Å². The molecule has 1 amide bonds. The van der Waals surface area contributed by atoms with Gasteiger partial charge < -0.3 is 5.32 Å². The van der Waals surface area contributed by atoms with Crippen molar-refractivity contribution in [2.45, 2.75) is 37.0 Å². The molecule has 1 aliphatic carbocycles. The van der Waals surface area contributed by atoms with Crippen molar-refractivity contribution in [2.24, 2.45) is 0 Å². The van der Waals surface area contributed by atoms with Crippen LogP contribution in [0.5, 0.6) is 0 Å². The van der Waals surface area contributed by atoms with Crippen LogP contribution in [0.4, 0.5) is 0 Å². The number of carbonyl (C=O) groups excluding carboxylic acids is 1. The summed E-state index contributed by atoms with van der Waals surface area (Å²) in [5, 5.41) is 4.49. The van der Waals surface area contributed by atoms with Crippen LogP contribution in [0.25, 0.3) is 0 Å². The molecule has 2 nitrogen and oxygen atoms in total. The molecule has 0 radical (unpaired) electrons. The second-order valence-corrected chi connectivity index (χ2v) is 5.19. The highest BCUT2D eigenvalue weighted by molar-refractivity contribution is 9.09. The molecular weight excluding hydrogens is 250 g/mol. The third-order valence-corrected chi connectivity index (χ3v) is 3.99. The van der Waals surface area contributed by atoms with Crippen LogP contribution in [0.1, 0.15) is 25.7 Å². The fourth-order valence-electron chi connectivity index (χ4n) is 1.74. The molecule has 4 heteroatoms. The zero-order valence-electron chi connectivity index (χ0n) is 7.88. The second-order valence-electron chi connectivity index (χ2n) is 3.32. The average Bonchev–Trinajstić information content (AvgIpc) is 2.52. The first kappa shape index (κ1) is 11.4. The number of alkyl halides is 1. The molecule has 0 aliphatic heterocycles. The van der Waals surface area contributed by atoms with Crippen LogP contribution >= 0.6 is 27.7 Å². The van der Waals surface area contributed by atoms with E-state index >= 15 is 0 Å². The number of hydrogen-bond donors (Lipinski definition) is 1. The molecule has 0 bridgehead atoms. The van der Waals surface area contributed by atoms with E-state index in [1.165, 1.54) is 12.8 Å². The number of amides is 1. The summed E-state index contributed by atoms with van der Waals surface area (Å²) in [6.45, 7) is 0. The third kappa shape index (κ3) is 3.50. The molecule has 1 fully saturated rings. The normalized spacial score (nSPS) is 27.5. The highest BCUT2D eigenvalue weighted by Gasteiger charge is 2.27. The van der Waals surface area contributed by atoms with Crippen LogP contribution in [0.3, 0.4) is 0 Å². The van der Waals surface area contributed by atoms with Gasteiger partial charge >= 0.3 is 0 Å². The summed E-state index contributed by atoms with van der Waals surface area (Å²) in [5.74, 6) is 0.183. The Hall–Kier alpha value is 0.300. The standard InChI is InChI=1S/C9H16BrNOS/c1-13-8-4-2-3-7(8)11-9(12)5-6-10/h7-8H,2-6H2,1H3,(H,11,12). The number of hydrogen-bond acceptors (Lipinski definition) is 2. The lowest BCUT2D eigenvalue weighted by atomic mass is 10.2. The van der Waals surface area contributed by atoms with Crippen molar-refractivity contribution in [2.75, 3.05) is 11.6 Å². The average molecular weight is 266 g/mol. The van der Waals surface area contributed by atoms with Crippen LogP contribution in [-0.2, 0) is 4.79 Å². The van der Waals surface area contributed by atoms with Crippen molar-refractivity contribution >= 4 is 33.6 Å². The molecule has 1 saturated carbocycles. The largest absolute Gasteiger partial charge is 0.352 e. The quantitative estimate of drug-likeness (QED) is 0.790. The van der Waals surface area contributed by atoms with Crippen molar-refractivity contribution in [1.82, 2.24) is 5.32 Å². The zero-order chi connectivity index (χ0) is 9.68. The van der Waals surface area contributed by atoms with Crippen LogP contribution < -0.4 is 5.32 Å². The van der Waals surface area contributed by atoms with Crippen LogP contribution in [0.15, 0.2) is 0 Å². The minimum absolute atomic E-state index is 0.183. The van der Waals surface area contributed by atoms with Gasteiger partial charge in [0.25, 0.3) is 0 Å². The van der Waals surface area contributed by atoms with Gasteiger partial charge in [-0.15, -0.1) is 0 Å². The van der Waals surface area contributed by atoms with E-state index in [0.29, 0.717) is 17.7 Å². The van der Waals surface area contributed by atoms with Gasteiger partial charge in [-0.25, -0.2) is 0 Å². The van der Waals surface area contributed by atoms with E-state index in [1.807, 2.05) is 11.8 Å². The predicted molar refractivity (Wildman–Crippen MR) is 61.5 cm³/mol. The van der Waals surface area contributed by atoms with E-state index in [1.54, 1.807) is 0 Å². The molecule has 0 aromatic carbocycles. The maximum Gasteiger partial charge on any atom is 0.221 e. The van der Waals surface area contributed by atoms with Gasteiger partial charge in [-0.3, -0.25) is 4.79 Å². The predicted octanol–water partition coefficient (Wildman–Crippen LogP) is 2.17. The minimum Gasteiger partial charge on any atom is -0.352 e. The first-order valence-corrected chi connectivity index (χ1v) is 7.07. The lowest BCUT2D eigenvalue weighted by Gasteiger charge is -2.18. The first-order valence-electron chi connectivity index (χ1n) is 4.66. The number of nitrogens with one attached hydrogen (secondary N) is 1. The molecule has 13 heavy (non-hydrogen) atoms. The number of halogens is 1. The van der Waals surface area contributed by atoms with Crippen LogP contribution in [-0.4, -0.2) is 28.8 Å². The van der Waals surface area contributed by atoms with Crippen molar-refractivity contribution < 1.29 is 4.79 Å². The van der Waals surface area contributed by atoms with Gasteiger partial charge in [0.15, 0.2) is 0 Å². The van der Waals surface area contributed by atoms with E-state index in [2.05, 4.69) is 27.5 Å². The number of carbonyl (C=O) groups is 1. The monoisotopic (exact) mass is 265 g/mol. The summed E-state index contributed by atoms with van der Waals surface area (Å²) in [6, 6.07) is 0.418. The lowest BCUT2D eigenvalue weighted by Crippen LogP contribution is -2.38. The SMILES string of the molecule is CSC1CCCC1NC(=O)CCBr. The Morgan fingerprint density at radius 2 is 2.38 bits per heavy atom. The molecule has 76 valence electrons.